The van der Waals surface area contributed by atoms with Gasteiger partial charge in [-0.05, 0) is 31.0 Å². The van der Waals surface area contributed by atoms with Gasteiger partial charge in [-0.2, -0.15) is 4.98 Å². The van der Waals surface area contributed by atoms with Crippen LogP contribution >= 0.6 is 23.2 Å². The molecule has 7 nitrogen and oxygen atoms in total. The Labute approximate surface area is 166 Å². The van der Waals surface area contributed by atoms with Crippen LogP contribution in [0.5, 0.6) is 0 Å². The molecule has 142 valence electrons. The Balaban J connectivity index is 1.35. The normalized spacial score (nSPS) is 17.1. The lowest BCUT2D eigenvalue weighted by atomic mass is 10.2. The number of rotatable bonds is 4. The average Bonchev–Trinajstić information content (AvgIpc) is 3.43. The smallest absolute Gasteiger partial charge is 0.302 e. The minimum absolute atomic E-state index is 0.0468. The van der Waals surface area contributed by atoms with Crippen molar-refractivity contribution in [2.45, 2.75) is 12.8 Å². The summed E-state index contributed by atoms with van der Waals surface area (Å²) in [6.45, 7) is 2.45. The highest BCUT2D eigenvalue weighted by molar-refractivity contribution is 6.42. The first-order chi connectivity index (χ1) is 13.0. The molecule has 0 unspecified atom stereocenters. The van der Waals surface area contributed by atoms with Crippen LogP contribution in [0.15, 0.2) is 28.9 Å². The fourth-order valence-corrected chi connectivity index (χ4v) is 3.29. The number of nitrogens with one attached hydrogen (secondary N) is 1. The second-order valence-corrected chi connectivity index (χ2v) is 7.49. The molecule has 2 aliphatic rings. The summed E-state index contributed by atoms with van der Waals surface area (Å²) in [5, 5.41) is 3.63. The fraction of sp³-hybridized carbons (Fsp3) is 0.389. The van der Waals surface area contributed by atoms with Gasteiger partial charge in [0, 0.05) is 37.8 Å². The topological polar surface area (TPSA) is 78.7 Å². The summed E-state index contributed by atoms with van der Waals surface area (Å²) >= 11 is 12.0. The van der Waals surface area contributed by atoms with Gasteiger partial charge < -0.3 is 14.2 Å². The average molecular weight is 409 g/mol. The highest BCUT2D eigenvalue weighted by Gasteiger charge is 2.31. The van der Waals surface area contributed by atoms with Crippen LogP contribution in [0, 0.1) is 5.92 Å². The molecule has 1 saturated heterocycles. The highest BCUT2D eigenvalue weighted by atomic mass is 35.5. The number of anilines is 2. The summed E-state index contributed by atoms with van der Waals surface area (Å²) in [7, 11) is 0. The van der Waals surface area contributed by atoms with Crippen LogP contribution < -0.4 is 10.2 Å². The van der Waals surface area contributed by atoms with Crippen molar-refractivity contribution in [1.82, 2.24) is 9.88 Å². The van der Waals surface area contributed by atoms with Gasteiger partial charge in [-0.1, -0.05) is 23.2 Å². The first-order valence-electron chi connectivity index (χ1n) is 8.77. The Bertz CT molecular complexity index is 873. The van der Waals surface area contributed by atoms with Gasteiger partial charge >= 0.3 is 6.01 Å². The lowest BCUT2D eigenvalue weighted by molar-refractivity contribution is -0.117. The number of carbonyl (C=O) groups is 2. The molecule has 2 aromatic rings. The summed E-state index contributed by atoms with van der Waals surface area (Å²) in [6, 6.07) is 5.58. The summed E-state index contributed by atoms with van der Waals surface area (Å²) in [4.78, 5) is 32.3. The van der Waals surface area contributed by atoms with E-state index in [1.165, 1.54) is 6.26 Å². The number of amides is 2. The van der Waals surface area contributed by atoms with E-state index in [0.29, 0.717) is 36.2 Å². The molecule has 0 atom stereocenters. The number of halogens is 2. The molecular weight excluding hydrogens is 391 g/mol. The van der Waals surface area contributed by atoms with Crippen LogP contribution in [0.3, 0.4) is 0 Å². The molecule has 1 saturated carbocycles. The van der Waals surface area contributed by atoms with E-state index in [1.54, 1.807) is 11.0 Å². The second kappa shape index (κ2) is 7.40. The maximum atomic E-state index is 12.6. The third-order valence-corrected chi connectivity index (χ3v) is 5.48. The van der Waals surface area contributed by atoms with E-state index in [4.69, 9.17) is 27.6 Å². The Hall–Kier alpha value is -2.25. The number of hydrogen-bond donors (Lipinski definition) is 1. The first kappa shape index (κ1) is 18.1. The Morgan fingerprint density at radius 2 is 1.85 bits per heavy atom. The van der Waals surface area contributed by atoms with E-state index >= 15 is 0 Å². The minimum atomic E-state index is -0.209. The minimum Gasteiger partial charge on any atom is -0.431 e. The van der Waals surface area contributed by atoms with Gasteiger partial charge in [0.05, 0.1) is 10.0 Å². The van der Waals surface area contributed by atoms with E-state index in [0.717, 1.165) is 18.5 Å². The molecule has 9 heteroatoms. The van der Waals surface area contributed by atoms with Crippen LogP contribution in [0.25, 0.3) is 0 Å². The van der Waals surface area contributed by atoms with Crippen molar-refractivity contribution in [2.75, 3.05) is 36.4 Å². The molecule has 1 aliphatic heterocycles. The third-order valence-electron chi connectivity index (χ3n) is 4.74. The Morgan fingerprint density at radius 1 is 1.11 bits per heavy atom. The molecule has 4 rings (SSSR count). The third kappa shape index (κ3) is 4.04. The van der Waals surface area contributed by atoms with Crippen molar-refractivity contribution in [3.63, 3.8) is 0 Å². The molecule has 1 aromatic carbocycles. The summed E-state index contributed by atoms with van der Waals surface area (Å²) in [5.74, 6) is -0.268. The SMILES string of the molecule is O=C(Nc1nc(C(=O)N2CCN(c3ccc(Cl)c(Cl)c3)CC2)co1)C1CC1. The predicted molar refractivity (Wildman–Crippen MR) is 102 cm³/mol. The van der Waals surface area contributed by atoms with Crippen molar-refractivity contribution < 1.29 is 14.0 Å². The largest absolute Gasteiger partial charge is 0.431 e. The van der Waals surface area contributed by atoms with Gasteiger partial charge in [0.1, 0.15) is 6.26 Å². The monoisotopic (exact) mass is 408 g/mol. The quantitative estimate of drug-likeness (QED) is 0.839. The van der Waals surface area contributed by atoms with Crippen LogP contribution in [-0.4, -0.2) is 47.9 Å². The van der Waals surface area contributed by atoms with Crippen molar-refractivity contribution >= 4 is 46.7 Å². The van der Waals surface area contributed by atoms with Gasteiger partial charge in [0.15, 0.2) is 5.69 Å². The van der Waals surface area contributed by atoms with Crippen LogP contribution in [0.1, 0.15) is 23.3 Å². The van der Waals surface area contributed by atoms with E-state index in [2.05, 4.69) is 15.2 Å². The van der Waals surface area contributed by atoms with Crippen LogP contribution in [0.4, 0.5) is 11.7 Å². The number of carbonyl (C=O) groups excluding carboxylic acids is 2. The first-order valence-corrected chi connectivity index (χ1v) is 9.52. The lowest BCUT2D eigenvalue weighted by Gasteiger charge is -2.35. The van der Waals surface area contributed by atoms with Crippen LogP contribution in [0.2, 0.25) is 10.0 Å². The standard InChI is InChI=1S/C18H18Cl2N4O3/c19-13-4-3-12(9-14(13)20)23-5-7-24(8-6-23)17(26)15-10-27-18(21-15)22-16(25)11-1-2-11/h3-4,9-11H,1-2,5-8H2,(H,21,22,25). The maximum Gasteiger partial charge on any atom is 0.302 e. The van der Waals surface area contributed by atoms with E-state index in [1.807, 2.05) is 12.1 Å². The molecule has 27 heavy (non-hydrogen) atoms. The second-order valence-electron chi connectivity index (χ2n) is 6.68. The molecule has 2 amide bonds. The predicted octanol–water partition coefficient (Wildman–Crippen LogP) is 3.29. The number of nitrogens with zero attached hydrogens (tertiary/aromatic N) is 3. The number of benzene rings is 1. The molecule has 0 spiro atoms. The molecule has 2 heterocycles. The Kier molecular flexibility index (Phi) is 4.97. The van der Waals surface area contributed by atoms with Crippen molar-refractivity contribution in [1.29, 1.82) is 0 Å². The summed E-state index contributed by atoms with van der Waals surface area (Å²) < 4.78 is 5.21. The van der Waals surface area contributed by atoms with E-state index in [-0.39, 0.29) is 29.4 Å². The molecule has 1 aliphatic carbocycles. The summed E-state index contributed by atoms with van der Waals surface area (Å²) in [5.41, 5.74) is 1.17. The van der Waals surface area contributed by atoms with Gasteiger partial charge in [0.2, 0.25) is 5.91 Å². The van der Waals surface area contributed by atoms with Gasteiger partial charge in [-0.15, -0.1) is 0 Å². The number of hydrogen-bond acceptors (Lipinski definition) is 5. The lowest BCUT2D eigenvalue weighted by Crippen LogP contribution is -2.48. The van der Waals surface area contributed by atoms with Crippen molar-refractivity contribution in [3.8, 4) is 0 Å². The van der Waals surface area contributed by atoms with Crippen LogP contribution in [-0.2, 0) is 4.79 Å². The van der Waals surface area contributed by atoms with E-state index in [9.17, 15) is 9.59 Å². The maximum absolute atomic E-state index is 12.6. The molecule has 1 aromatic heterocycles. The molecule has 2 fully saturated rings. The zero-order chi connectivity index (χ0) is 19.0. The fourth-order valence-electron chi connectivity index (χ4n) is 2.99. The number of oxazole rings is 1. The number of piperazine rings is 1. The van der Waals surface area contributed by atoms with Gasteiger partial charge in [0.25, 0.3) is 5.91 Å². The molecule has 0 bridgehead atoms. The molecule has 0 radical (unpaired) electrons. The van der Waals surface area contributed by atoms with Crippen molar-refractivity contribution in [3.05, 3.63) is 40.2 Å². The highest BCUT2D eigenvalue weighted by Crippen LogP contribution is 2.30. The van der Waals surface area contributed by atoms with E-state index < -0.39 is 0 Å². The molecular formula is C18H18Cl2N4O3. The van der Waals surface area contributed by atoms with Gasteiger partial charge in [-0.25, -0.2) is 0 Å². The van der Waals surface area contributed by atoms with Crippen molar-refractivity contribution in [2.24, 2.45) is 5.92 Å². The van der Waals surface area contributed by atoms with Gasteiger partial charge in [-0.3, -0.25) is 14.9 Å². The zero-order valence-corrected chi connectivity index (χ0v) is 16.0. The summed E-state index contributed by atoms with van der Waals surface area (Å²) in [6.07, 6.45) is 3.07. The molecule has 1 N–H and O–H groups in total. The zero-order valence-electron chi connectivity index (χ0n) is 14.5. The number of aromatic nitrogens is 1. The Morgan fingerprint density at radius 3 is 2.52 bits per heavy atom.